The van der Waals surface area contributed by atoms with Crippen molar-refractivity contribution >= 4 is 32.8 Å². The van der Waals surface area contributed by atoms with E-state index in [9.17, 15) is 4.79 Å². The van der Waals surface area contributed by atoms with Crippen molar-refractivity contribution < 1.29 is 9.53 Å². The molecule has 1 aromatic carbocycles. The number of para-hydroxylation sites is 1. The molecule has 0 saturated carbocycles. The van der Waals surface area contributed by atoms with Crippen molar-refractivity contribution in [3.8, 4) is 0 Å². The lowest BCUT2D eigenvalue weighted by atomic mass is 10.0. The molecule has 0 bridgehead atoms. The lowest BCUT2D eigenvalue weighted by Gasteiger charge is -2.10. The first-order chi connectivity index (χ1) is 8.61. The molecule has 1 aromatic heterocycles. The number of aryl methyl sites for hydroxylation is 1. The van der Waals surface area contributed by atoms with Crippen LogP contribution in [0.25, 0.3) is 10.9 Å². The lowest BCUT2D eigenvalue weighted by Crippen LogP contribution is -2.18. The van der Waals surface area contributed by atoms with Crippen molar-refractivity contribution in [2.24, 2.45) is 0 Å². The molecule has 0 aliphatic rings. The van der Waals surface area contributed by atoms with Crippen LogP contribution in [0.15, 0.2) is 30.3 Å². The van der Waals surface area contributed by atoms with Gasteiger partial charge in [0.2, 0.25) is 0 Å². The Hall–Kier alpha value is -1.42. The molecule has 0 radical (unpaired) electrons. The van der Waals surface area contributed by atoms with E-state index >= 15 is 0 Å². The number of esters is 1. The van der Waals surface area contributed by atoms with Crippen molar-refractivity contribution in [3.05, 3.63) is 41.6 Å². The molecule has 0 N–H and O–H groups in total. The van der Waals surface area contributed by atoms with Gasteiger partial charge in [-0.15, -0.1) is 0 Å². The Morgan fingerprint density at radius 2 is 2.17 bits per heavy atom. The Balaban J connectivity index is 2.38. The summed E-state index contributed by atoms with van der Waals surface area (Å²) in [7, 11) is 1.39. The normalized spacial score (nSPS) is 12.4. The average Bonchev–Trinajstić information content (AvgIpc) is 2.38. The number of halogens is 1. The maximum Gasteiger partial charge on any atom is 0.319 e. The minimum Gasteiger partial charge on any atom is -0.468 e. The molecule has 94 valence electrons. The standard InChI is InChI=1S/C14H14BrNO2/c1-9-6-7-10-4-3-5-11(13(10)16-9)8-12(15)14(17)18-2/h3-7,12H,8H2,1-2H3. The summed E-state index contributed by atoms with van der Waals surface area (Å²) in [5.74, 6) is -0.264. The molecule has 0 fully saturated rings. The van der Waals surface area contributed by atoms with Crippen LogP contribution in [0.4, 0.5) is 0 Å². The van der Waals surface area contributed by atoms with Gasteiger partial charge in [-0.2, -0.15) is 0 Å². The molecule has 0 aliphatic heterocycles. The molecule has 1 unspecified atom stereocenters. The Kier molecular flexibility index (Phi) is 3.97. The number of aromatic nitrogens is 1. The van der Waals surface area contributed by atoms with E-state index in [-0.39, 0.29) is 10.8 Å². The second-order valence-electron chi connectivity index (χ2n) is 4.14. The van der Waals surface area contributed by atoms with E-state index in [1.165, 1.54) is 7.11 Å². The highest BCUT2D eigenvalue weighted by molar-refractivity contribution is 9.10. The summed E-state index contributed by atoms with van der Waals surface area (Å²) in [5, 5.41) is 1.09. The van der Waals surface area contributed by atoms with Crippen molar-refractivity contribution in [2.75, 3.05) is 7.11 Å². The van der Waals surface area contributed by atoms with Crippen molar-refractivity contribution in [1.29, 1.82) is 0 Å². The van der Waals surface area contributed by atoms with Crippen LogP contribution < -0.4 is 0 Å². The number of nitrogens with zero attached hydrogens (tertiary/aromatic N) is 1. The number of pyridine rings is 1. The van der Waals surface area contributed by atoms with Gasteiger partial charge in [0, 0.05) is 11.1 Å². The van der Waals surface area contributed by atoms with Crippen molar-refractivity contribution in [3.63, 3.8) is 0 Å². The molecule has 1 atom stereocenters. The Morgan fingerprint density at radius 1 is 1.39 bits per heavy atom. The van der Waals surface area contributed by atoms with Crippen LogP contribution >= 0.6 is 15.9 Å². The number of carbonyl (C=O) groups excluding carboxylic acids is 1. The molecule has 3 nitrogen and oxygen atoms in total. The SMILES string of the molecule is COC(=O)C(Br)Cc1cccc2ccc(C)nc12. The van der Waals surface area contributed by atoms with Crippen LogP contribution in [0.3, 0.4) is 0 Å². The summed E-state index contributed by atoms with van der Waals surface area (Å²) >= 11 is 3.34. The highest BCUT2D eigenvalue weighted by atomic mass is 79.9. The summed E-state index contributed by atoms with van der Waals surface area (Å²) in [6.45, 7) is 1.96. The Labute approximate surface area is 114 Å². The monoisotopic (exact) mass is 307 g/mol. The summed E-state index contributed by atoms with van der Waals surface area (Å²) < 4.78 is 4.71. The first kappa shape index (κ1) is 13.0. The van der Waals surface area contributed by atoms with Crippen LogP contribution in [0.1, 0.15) is 11.3 Å². The smallest absolute Gasteiger partial charge is 0.319 e. The van der Waals surface area contributed by atoms with E-state index in [4.69, 9.17) is 4.74 Å². The number of ether oxygens (including phenoxy) is 1. The predicted octanol–water partition coefficient (Wildman–Crippen LogP) is 3.02. The van der Waals surface area contributed by atoms with E-state index in [1.54, 1.807) is 0 Å². The molecule has 2 aromatic rings. The predicted molar refractivity (Wildman–Crippen MR) is 74.9 cm³/mol. The van der Waals surface area contributed by atoms with Gasteiger partial charge in [-0.3, -0.25) is 9.78 Å². The van der Waals surface area contributed by atoms with Gasteiger partial charge in [0.1, 0.15) is 4.83 Å². The minimum absolute atomic E-state index is 0.264. The van der Waals surface area contributed by atoms with Gasteiger partial charge < -0.3 is 4.74 Å². The fourth-order valence-corrected chi connectivity index (χ4v) is 2.41. The fraction of sp³-hybridized carbons (Fsp3) is 0.286. The number of alkyl halides is 1. The molecular weight excluding hydrogens is 294 g/mol. The average molecular weight is 308 g/mol. The number of benzene rings is 1. The molecule has 0 aliphatic carbocycles. The zero-order valence-corrected chi connectivity index (χ0v) is 11.9. The number of carbonyl (C=O) groups is 1. The quantitative estimate of drug-likeness (QED) is 0.646. The van der Waals surface area contributed by atoms with Crippen LogP contribution in [-0.4, -0.2) is 22.9 Å². The van der Waals surface area contributed by atoms with Gasteiger partial charge in [-0.25, -0.2) is 0 Å². The van der Waals surface area contributed by atoms with Gasteiger partial charge >= 0.3 is 5.97 Å². The Bertz CT molecular complexity index is 583. The number of rotatable bonds is 3. The van der Waals surface area contributed by atoms with Gasteiger partial charge in [0.15, 0.2) is 0 Å². The fourth-order valence-electron chi connectivity index (χ4n) is 1.88. The number of methoxy groups -OCH3 is 1. The molecule has 18 heavy (non-hydrogen) atoms. The molecule has 4 heteroatoms. The third-order valence-corrected chi connectivity index (χ3v) is 3.50. The molecule has 0 spiro atoms. The van der Waals surface area contributed by atoms with E-state index < -0.39 is 0 Å². The molecule has 0 amide bonds. The van der Waals surface area contributed by atoms with Crippen LogP contribution in [0, 0.1) is 6.92 Å². The maximum absolute atomic E-state index is 11.4. The summed E-state index contributed by atoms with van der Waals surface area (Å²) in [6.07, 6.45) is 0.570. The van der Waals surface area contributed by atoms with Crippen molar-refractivity contribution in [2.45, 2.75) is 18.2 Å². The summed E-state index contributed by atoms with van der Waals surface area (Å²) in [6, 6.07) is 10.0. The van der Waals surface area contributed by atoms with E-state index in [2.05, 4.69) is 20.9 Å². The first-order valence-corrected chi connectivity index (χ1v) is 6.60. The zero-order chi connectivity index (χ0) is 13.1. The second-order valence-corrected chi connectivity index (χ2v) is 5.24. The highest BCUT2D eigenvalue weighted by Crippen LogP contribution is 2.21. The van der Waals surface area contributed by atoms with Gasteiger partial charge in [0.05, 0.1) is 12.6 Å². The number of hydrogen-bond donors (Lipinski definition) is 0. The van der Waals surface area contributed by atoms with Crippen LogP contribution in [-0.2, 0) is 16.0 Å². The highest BCUT2D eigenvalue weighted by Gasteiger charge is 2.17. The molecular formula is C14H14BrNO2. The topological polar surface area (TPSA) is 39.2 Å². The molecule has 0 saturated heterocycles. The lowest BCUT2D eigenvalue weighted by molar-refractivity contribution is -0.139. The van der Waals surface area contributed by atoms with Gasteiger partial charge in [0.25, 0.3) is 0 Å². The minimum atomic E-state index is -0.338. The largest absolute Gasteiger partial charge is 0.468 e. The van der Waals surface area contributed by atoms with Gasteiger partial charge in [-0.05, 0) is 25.0 Å². The zero-order valence-electron chi connectivity index (χ0n) is 10.3. The number of fused-ring (bicyclic) bond motifs is 1. The third-order valence-electron chi connectivity index (χ3n) is 2.80. The second kappa shape index (κ2) is 5.48. The molecule has 2 rings (SSSR count). The van der Waals surface area contributed by atoms with E-state index in [0.29, 0.717) is 6.42 Å². The first-order valence-electron chi connectivity index (χ1n) is 5.69. The van der Waals surface area contributed by atoms with E-state index in [0.717, 1.165) is 22.2 Å². The third kappa shape index (κ3) is 2.70. The Morgan fingerprint density at radius 3 is 2.89 bits per heavy atom. The van der Waals surface area contributed by atoms with Crippen LogP contribution in [0.2, 0.25) is 0 Å². The van der Waals surface area contributed by atoms with Crippen LogP contribution in [0.5, 0.6) is 0 Å². The summed E-state index contributed by atoms with van der Waals surface area (Å²) in [5.41, 5.74) is 2.97. The van der Waals surface area contributed by atoms with Gasteiger partial charge in [-0.1, -0.05) is 40.2 Å². The molecule has 1 heterocycles. The van der Waals surface area contributed by atoms with E-state index in [1.807, 2.05) is 37.3 Å². The van der Waals surface area contributed by atoms with Crippen molar-refractivity contribution in [1.82, 2.24) is 4.98 Å². The summed E-state index contributed by atoms with van der Waals surface area (Å²) in [4.78, 5) is 15.6. The maximum atomic E-state index is 11.4. The number of hydrogen-bond acceptors (Lipinski definition) is 3.